The smallest absolute Gasteiger partial charge is 0.254 e. The highest BCUT2D eigenvalue weighted by molar-refractivity contribution is 6.32. The number of likely N-dealkylation sites (tertiary alicyclic amines) is 1. The molecule has 8 heteroatoms. The van der Waals surface area contributed by atoms with E-state index in [1.165, 1.54) is 12.8 Å². The predicted octanol–water partition coefficient (Wildman–Crippen LogP) is 4.09. The van der Waals surface area contributed by atoms with E-state index in [1.807, 2.05) is 11.8 Å². The average Bonchev–Trinajstić information content (AvgIpc) is 3.02. The Bertz CT molecular complexity index is 914. The summed E-state index contributed by atoms with van der Waals surface area (Å²) in [7, 11) is 1.55. The SMILES string of the molecule is CCOc1c(Cl)cc(C(=O)N2CCCC(c3nnc4n3CCCCC4)C2)cc1OC. The summed E-state index contributed by atoms with van der Waals surface area (Å²) < 4.78 is 13.3. The number of nitrogens with zero attached hydrogens (tertiary/aromatic N) is 4. The number of amides is 1. The van der Waals surface area contributed by atoms with Crippen molar-refractivity contribution in [2.75, 3.05) is 26.8 Å². The maximum Gasteiger partial charge on any atom is 0.254 e. The van der Waals surface area contributed by atoms with E-state index >= 15 is 0 Å². The predicted molar refractivity (Wildman–Crippen MR) is 115 cm³/mol. The molecule has 1 fully saturated rings. The number of methoxy groups -OCH3 is 1. The zero-order valence-electron chi connectivity index (χ0n) is 17.7. The van der Waals surface area contributed by atoms with Gasteiger partial charge in [0.05, 0.1) is 18.7 Å². The lowest BCUT2D eigenvalue weighted by atomic mass is 9.96. The molecule has 1 unspecified atom stereocenters. The van der Waals surface area contributed by atoms with Crippen LogP contribution in [-0.4, -0.2) is 52.4 Å². The largest absolute Gasteiger partial charge is 0.493 e. The number of aryl methyl sites for hydroxylation is 1. The molecule has 1 saturated heterocycles. The monoisotopic (exact) mass is 432 g/mol. The molecule has 1 amide bonds. The van der Waals surface area contributed by atoms with Gasteiger partial charge in [0.15, 0.2) is 11.5 Å². The molecule has 1 aromatic carbocycles. The second-order valence-corrected chi connectivity index (χ2v) is 8.36. The Kier molecular flexibility index (Phi) is 6.46. The van der Waals surface area contributed by atoms with E-state index in [4.69, 9.17) is 21.1 Å². The van der Waals surface area contributed by atoms with Gasteiger partial charge in [0.1, 0.15) is 11.6 Å². The van der Waals surface area contributed by atoms with Crippen LogP contribution in [0.2, 0.25) is 5.02 Å². The van der Waals surface area contributed by atoms with Crippen molar-refractivity contribution in [2.24, 2.45) is 0 Å². The minimum atomic E-state index is -0.0430. The molecular formula is C22H29ClN4O3. The van der Waals surface area contributed by atoms with Crippen LogP contribution in [0, 0.1) is 0 Å². The lowest BCUT2D eigenvalue weighted by molar-refractivity contribution is 0.0702. The Hall–Kier alpha value is -2.28. The molecule has 0 saturated carbocycles. The van der Waals surface area contributed by atoms with Gasteiger partial charge < -0.3 is 18.9 Å². The summed E-state index contributed by atoms with van der Waals surface area (Å²) in [6.45, 7) is 4.70. The van der Waals surface area contributed by atoms with Gasteiger partial charge in [0, 0.05) is 37.5 Å². The third-order valence-corrected chi connectivity index (χ3v) is 6.26. The lowest BCUT2D eigenvalue weighted by Crippen LogP contribution is -2.39. The highest BCUT2D eigenvalue weighted by atomic mass is 35.5. The number of halogens is 1. The zero-order valence-corrected chi connectivity index (χ0v) is 18.5. The summed E-state index contributed by atoms with van der Waals surface area (Å²) in [5, 5.41) is 9.35. The first-order chi connectivity index (χ1) is 14.6. The van der Waals surface area contributed by atoms with Crippen molar-refractivity contribution < 1.29 is 14.3 Å². The van der Waals surface area contributed by atoms with Crippen molar-refractivity contribution in [1.82, 2.24) is 19.7 Å². The highest BCUT2D eigenvalue weighted by Gasteiger charge is 2.30. The van der Waals surface area contributed by atoms with Crippen LogP contribution in [0.3, 0.4) is 0 Å². The number of rotatable bonds is 5. The molecule has 7 nitrogen and oxygen atoms in total. The molecule has 1 atom stereocenters. The van der Waals surface area contributed by atoms with Gasteiger partial charge in [-0.2, -0.15) is 0 Å². The van der Waals surface area contributed by atoms with Gasteiger partial charge in [-0.15, -0.1) is 10.2 Å². The quantitative estimate of drug-likeness (QED) is 0.711. The molecule has 2 aliphatic heterocycles. The van der Waals surface area contributed by atoms with E-state index in [0.29, 0.717) is 35.2 Å². The fourth-order valence-corrected chi connectivity index (χ4v) is 4.76. The molecule has 2 aromatic rings. The Balaban J connectivity index is 1.55. The Morgan fingerprint density at radius 1 is 1.20 bits per heavy atom. The summed E-state index contributed by atoms with van der Waals surface area (Å²) >= 11 is 6.38. The van der Waals surface area contributed by atoms with Gasteiger partial charge in [0.2, 0.25) is 0 Å². The zero-order chi connectivity index (χ0) is 21.1. The van der Waals surface area contributed by atoms with E-state index in [0.717, 1.165) is 50.4 Å². The second kappa shape index (κ2) is 9.25. The lowest BCUT2D eigenvalue weighted by Gasteiger charge is -2.32. The summed E-state index contributed by atoms with van der Waals surface area (Å²) in [6, 6.07) is 3.38. The number of hydrogen-bond acceptors (Lipinski definition) is 5. The van der Waals surface area contributed by atoms with E-state index in [2.05, 4.69) is 14.8 Å². The summed E-state index contributed by atoms with van der Waals surface area (Å²) in [5.74, 6) is 3.24. The summed E-state index contributed by atoms with van der Waals surface area (Å²) in [4.78, 5) is 15.2. The third-order valence-electron chi connectivity index (χ3n) is 5.98. The molecule has 4 rings (SSSR count). The number of piperidine rings is 1. The van der Waals surface area contributed by atoms with E-state index < -0.39 is 0 Å². The van der Waals surface area contributed by atoms with Crippen LogP contribution < -0.4 is 9.47 Å². The molecule has 0 radical (unpaired) electrons. The van der Waals surface area contributed by atoms with Crippen LogP contribution in [0.1, 0.15) is 67.0 Å². The molecule has 162 valence electrons. The maximum absolute atomic E-state index is 13.3. The van der Waals surface area contributed by atoms with Gasteiger partial charge in [-0.1, -0.05) is 18.0 Å². The maximum atomic E-state index is 13.3. The molecule has 1 aromatic heterocycles. The normalized spacial score (nSPS) is 19.2. The van der Waals surface area contributed by atoms with Crippen molar-refractivity contribution in [3.63, 3.8) is 0 Å². The van der Waals surface area contributed by atoms with E-state index in [-0.39, 0.29) is 11.8 Å². The second-order valence-electron chi connectivity index (χ2n) is 7.95. The van der Waals surface area contributed by atoms with Gasteiger partial charge in [-0.25, -0.2) is 0 Å². The first-order valence-electron chi connectivity index (χ1n) is 10.8. The number of benzene rings is 1. The minimum absolute atomic E-state index is 0.0430. The Labute approximate surface area is 182 Å². The number of hydrogen-bond donors (Lipinski definition) is 0. The minimum Gasteiger partial charge on any atom is -0.493 e. The Morgan fingerprint density at radius 2 is 2.07 bits per heavy atom. The highest BCUT2D eigenvalue weighted by Crippen LogP contribution is 2.37. The van der Waals surface area contributed by atoms with Crippen LogP contribution in [-0.2, 0) is 13.0 Å². The topological polar surface area (TPSA) is 69.5 Å². The van der Waals surface area contributed by atoms with Crippen molar-refractivity contribution in [2.45, 2.75) is 57.9 Å². The molecule has 0 N–H and O–H groups in total. The van der Waals surface area contributed by atoms with Crippen molar-refractivity contribution in [3.8, 4) is 11.5 Å². The molecular weight excluding hydrogens is 404 g/mol. The Morgan fingerprint density at radius 3 is 2.87 bits per heavy atom. The molecule has 3 heterocycles. The van der Waals surface area contributed by atoms with Gasteiger partial charge >= 0.3 is 0 Å². The van der Waals surface area contributed by atoms with Crippen LogP contribution in [0.5, 0.6) is 11.5 Å². The van der Waals surface area contributed by atoms with Gasteiger partial charge in [0.25, 0.3) is 5.91 Å². The number of carbonyl (C=O) groups excluding carboxylic acids is 1. The van der Waals surface area contributed by atoms with Crippen LogP contribution in [0.4, 0.5) is 0 Å². The van der Waals surface area contributed by atoms with Gasteiger partial charge in [-0.05, 0) is 44.7 Å². The van der Waals surface area contributed by atoms with Crippen molar-refractivity contribution in [1.29, 1.82) is 0 Å². The first kappa shape index (κ1) is 21.0. The fourth-order valence-electron chi connectivity index (χ4n) is 4.49. The fraction of sp³-hybridized carbons (Fsp3) is 0.591. The standard InChI is InChI=1S/C22H29ClN4O3/c1-3-30-20-17(23)12-16(13-18(20)29-2)22(28)26-10-7-8-15(14-26)21-25-24-19-9-5-4-6-11-27(19)21/h12-13,15H,3-11,14H2,1-2H3. The molecule has 30 heavy (non-hydrogen) atoms. The van der Waals surface area contributed by atoms with E-state index in [9.17, 15) is 4.79 Å². The molecule has 0 bridgehead atoms. The molecule has 0 aliphatic carbocycles. The number of fused-ring (bicyclic) bond motifs is 1. The average molecular weight is 433 g/mol. The summed E-state index contributed by atoms with van der Waals surface area (Å²) in [5.41, 5.74) is 0.515. The molecule has 2 aliphatic rings. The van der Waals surface area contributed by atoms with Gasteiger partial charge in [-0.3, -0.25) is 4.79 Å². The molecule has 0 spiro atoms. The van der Waals surface area contributed by atoms with Crippen molar-refractivity contribution in [3.05, 3.63) is 34.4 Å². The van der Waals surface area contributed by atoms with Crippen LogP contribution in [0.25, 0.3) is 0 Å². The number of ether oxygens (including phenoxy) is 2. The number of carbonyl (C=O) groups is 1. The van der Waals surface area contributed by atoms with Crippen LogP contribution in [0.15, 0.2) is 12.1 Å². The van der Waals surface area contributed by atoms with E-state index in [1.54, 1.807) is 19.2 Å². The number of aromatic nitrogens is 3. The van der Waals surface area contributed by atoms with Crippen molar-refractivity contribution >= 4 is 17.5 Å². The third kappa shape index (κ3) is 4.13. The van der Waals surface area contributed by atoms with Crippen LogP contribution >= 0.6 is 11.6 Å². The first-order valence-corrected chi connectivity index (χ1v) is 11.2. The summed E-state index contributed by atoms with van der Waals surface area (Å²) in [6.07, 6.45) is 6.53.